The van der Waals surface area contributed by atoms with Gasteiger partial charge in [0.05, 0.1) is 42.5 Å². The number of ether oxygens (including phenoxy) is 2. The van der Waals surface area contributed by atoms with Gasteiger partial charge in [-0.15, -0.1) is 5.10 Å². The third-order valence-electron chi connectivity index (χ3n) is 4.84. The van der Waals surface area contributed by atoms with E-state index in [9.17, 15) is 14.0 Å². The number of nitrogens with zero attached hydrogens (tertiary/aromatic N) is 3. The molecule has 0 atom stereocenters. The first-order valence-electron chi connectivity index (χ1n) is 10.0. The summed E-state index contributed by atoms with van der Waals surface area (Å²) in [6.45, 7) is 7.55. The van der Waals surface area contributed by atoms with Crippen LogP contribution < -0.4 is 5.32 Å². The second-order valence-electron chi connectivity index (χ2n) is 7.05. The molecule has 1 N–H and O–H groups in total. The second-order valence-corrected chi connectivity index (χ2v) is 7.05. The number of halogens is 1. The van der Waals surface area contributed by atoms with Crippen molar-refractivity contribution >= 4 is 11.9 Å². The number of hydrogen-bond acceptors (Lipinski definition) is 7. The van der Waals surface area contributed by atoms with Gasteiger partial charge in [0, 0.05) is 17.6 Å². The molecule has 0 unspecified atom stereocenters. The highest BCUT2D eigenvalue weighted by atomic mass is 19.1. The van der Waals surface area contributed by atoms with Crippen LogP contribution in [0.15, 0.2) is 53.0 Å². The molecule has 8 nitrogen and oxygen atoms in total. The Hall–Kier alpha value is -3.49. The van der Waals surface area contributed by atoms with Crippen LogP contribution in [0.1, 0.15) is 44.9 Å². The maximum atomic E-state index is 13.5. The van der Waals surface area contributed by atoms with E-state index >= 15 is 0 Å². The average molecular weight is 428 g/mol. The van der Waals surface area contributed by atoms with Crippen LogP contribution in [0.25, 0.3) is 0 Å². The van der Waals surface area contributed by atoms with Crippen molar-refractivity contribution < 1.29 is 23.5 Å². The number of carbonyl (C=O) groups is 2. The Kier molecular flexibility index (Phi) is 6.84. The zero-order valence-electron chi connectivity index (χ0n) is 17.9. The molecule has 31 heavy (non-hydrogen) atoms. The van der Waals surface area contributed by atoms with Crippen molar-refractivity contribution in [3.63, 3.8) is 0 Å². The van der Waals surface area contributed by atoms with E-state index < -0.39 is 17.9 Å². The number of hydrogen-bond donors (Lipinski definition) is 1. The first-order chi connectivity index (χ1) is 14.8. The fourth-order valence-electron chi connectivity index (χ4n) is 3.59. The third-order valence-corrected chi connectivity index (χ3v) is 4.84. The number of esters is 2. The molecule has 164 valence electrons. The van der Waals surface area contributed by atoms with Crippen molar-refractivity contribution in [3.05, 3.63) is 70.1 Å². The van der Waals surface area contributed by atoms with Gasteiger partial charge in [-0.1, -0.05) is 17.3 Å². The summed E-state index contributed by atoms with van der Waals surface area (Å²) < 4.78 is 25.5. The molecule has 1 aromatic heterocycles. The number of carbonyl (C=O) groups excluding carboxylic acids is 2. The summed E-state index contributed by atoms with van der Waals surface area (Å²) in [6, 6.07) is 6.17. The van der Waals surface area contributed by atoms with Crippen molar-refractivity contribution in [2.75, 3.05) is 13.2 Å². The molecule has 0 aliphatic carbocycles. The van der Waals surface area contributed by atoms with Crippen LogP contribution in [-0.2, 0) is 25.6 Å². The Morgan fingerprint density at radius 1 is 1.10 bits per heavy atom. The quantitative estimate of drug-likeness (QED) is 0.678. The number of benzene rings is 1. The van der Waals surface area contributed by atoms with Gasteiger partial charge in [0.2, 0.25) is 0 Å². The molecule has 3 rings (SSSR count). The monoisotopic (exact) mass is 428 g/mol. The highest BCUT2D eigenvalue weighted by Crippen LogP contribution is 2.38. The van der Waals surface area contributed by atoms with Crippen LogP contribution >= 0.6 is 0 Å². The molecule has 2 heterocycles. The van der Waals surface area contributed by atoms with E-state index in [0.717, 1.165) is 0 Å². The van der Waals surface area contributed by atoms with E-state index in [-0.39, 0.29) is 36.7 Å². The topological polar surface area (TPSA) is 95.3 Å². The van der Waals surface area contributed by atoms with Gasteiger partial charge < -0.3 is 14.8 Å². The molecule has 1 aliphatic heterocycles. The number of allylic oxidation sites excluding steroid dienone is 2. The summed E-state index contributed by atoms with van der Waals surface area (Å²) in [5, 5.41) is 11.4. The first kappa shape index (κ1) is 22.2. The minimum atomic E-state index is -0.805. The zero-order chi connectivity index (χ0) is 22.5. The molecule has 0 saturated heterocycles. The Bertz CT molecular complexity index is 1020. The molecule has 0 radical (unpaired) electrons. The number of nitrogens with one attached hydrogen (secondary N) is 1. The van der Waals surface area contributed by atoms with E-state index in [1.54, 1.807) is 46.0 Å². The molecule has 0 spiro atoms. The van der Waals surface area contributed by atoms with Crippen LogP contribution in [0.2, 0.25) is 0 Å². The van der Waals surface area contributed by atoms with E-state index in [0.29, 0.717) is 22.7 Å². The average Bonchev–Trinajstić information content (AvgIpc) is 3.15. The minimum absolute atomic E-state index is 0.187. The Balaban J connectivity index is 2.03. The second kappa shape index (κ2) is 9.55. The lowest BCUT2D eigenvalue weighted by Crippen LogP contribution is -2.32. The molecule has 2 aromatic rings. The van der Waals surface area contributed by atoms with Crippen LogP contribution in [-0.4, -0.2) is 40.1 Å². The summed E-state index contributed by atoms with van der Waals surface area (Å²) >= 11 is 0. The van der Waals surface area contributed by atoms with Crippen molar-refractivity contribution in [3.8, 4) is 0 Å². The van der Waals surface area contributed by atoms with Gasteiger partial charge in [-0.05, 0) is 45.4 Å². The van der Waals surface area contributed by atoms with Crippen molar-refractivity contribution in [1.29, 1.82) is 0 Å². The molecular weight excluding hydrogens is 403 g/mol. The Morgan fingerprint density at radius 2 is 1.71 bits per heavy atom. The van der Waals surface area contributed by atoms with Crippen molar-refractivity contribution in [2.45, 2.75) is 40.2 Å². The zero-order valence-corrected chi connectivity index (χ0v) is 17.9. The first-order valence-corrected chi connectivity index (χ1v) is 10.0. The summed E-state index contributed by atoms with van der Waals surface area (Å²) in [5.41, 5.74) is 2.77. The lowest BCUT2D eigenvalue weighted by molar-refractivity contribution is -0.139. The van der Waals surface area contributed by atoms with Crippen LogP contribution in [0.4, 0.5) is 4.39 Å². The number of dihydropyridines is 1. The highest BCUT2D eigenvalue weighted by molar-refractivity contribution is 5.99. The molecule has 0 bridgehead atoms. The highest BCUT2D eigenvalue weighted by Gasteiger charge is 2.39. The van der Waals surface area contributed by atoms with E-state index in [1.807, 2.05) is 0 Å². The van der Waals surface area contributed by atoms with Gasteiger partial charge in [-0.2, -0.15) is 0 Å². The van der Waals surface area contributed by atoms with Crippen LogP contribution in [0, 0.1) is 5.82 Å². The lowest BCUT2D eigenvalue weighted by atomic mass is 9.83. The predicted molar refractivity (Wildman–Crippen MR) is 110 cm³/mol. The summed E-state index contributed by atoms with van der Waals surface area (Å²) in [7, 11) is 0. The molecule has 9 heteroatoms. The van der Waals surface area contributed by atoms with Crippen LogP contribution in [0.5, 0.6) is 0 Å². The fraction of sp³-hybridized carbons (Fsp3) is 0.364. The van der Waals surface area contributed by atoms with Gasteiger partial charge >= 0.3 is 11.9 Å². The predicted octanol–water partition coefficient (Wildman–Crippen LogP) is 2.83. The summed E-state index contributed by atoms with van der Waals surface area (Å²) in [5.74, 6) is -2.25. The third kappa shape index (κ3) is 4.82. The largest absolute Gasteiger partial charge is 0.463 e. The van der Waals surface area contributed by atoms with Gasteiger partial charge in [-0.25, -0.2) is 18.7 Å². The summed E-state index contributed by atoms with van der Waals surface area (Å²) in [4.78, 5) is 25.5. The number of rotatable bonds is 7. The molecule has 0 amide bonds. The van der Waals surface area contributed by atoms with Crippen molar-refractivity contribution in [2.24, 2.45) is 0 Å². The molecule has 0 fully saturated rings. The lowest BCUT2D eigenvalue weighted by Gasteiger charge is -2.28. The Labute approximate surface area is 179 Å². The molecule has 1 aliphatic rings. The summed E-state index contributed by atoms with van der Waals surface area (Å²) in [6.07, 6.45) is 1.64. The SMILES string of the molecule is CCOC(=O)C1=C(C)NC(C)=C(C(=O)OCC)C1c1cn(Cc2cccc(F)c2)nn1. The van der Waals surface area contributed by atoms with Gasteiger partial charge in [0.15, 0.2) is 0 Å². The van der Waals surface area contributed by atoms with Gasteiger partial charge in [-0.3, -0.25) is 0 Å². The van der Waals surface area contributed by atoms with Crippen molar-refractivity contribution in [1.82, 2.24) is 20.3 Å². The normalized spacial score (nSPS) is 14.5. The van der Waals surface area contributed by atoms with E-state index in [4.69, 9.17) is 9.47 Å². The fourth-order valence-corrected chi connectivity index (χ4v) is 3.59. The van der Waals surface area contributed by atoms with Gasteiger partial charge in [0.1, 0.15) is 5.82 Å². The van der Waals surface area contributed by atoms with Gasteiger partial charge in [0.25, 0.3) is 0 Å². The van der Waals surface area contributed by atoms with E-state index in [2.05, 4.69) is 15.6 Å². The molecule has 1 aromatic carbocycles. The van der Waals surface area contributed by atoms with Crippen LogP contribution in [0.3, 0.4) is 0 Å². The maximum absolute atomic E-state index is 13.5. The smallest absolute Gasteiger partial charge is 0.336 e. The standard InChI is InChI=1S/C22H25FN4O4/c1-5-30-21(28)18-13(3)24-14(4)19(22(29)31-6-2)20(18)17-12-27(26-25-17)11-15-8-7-9-16(23)10-15/h7-10,12,20,24H,5-6,11H2,1-4H3. The Morgan fingerprint density at radius 3 is 2.26 bits per heavy atom. The van der Waals surface area contributed by atoms with E-state index in [1.165, 1.54) is 16.8 Å². The number of aromatic nitrogens is 3. The minimum Gasteiger partial charge on any atom is -0.463 e. The maximum Gasteiger partial charge on any atom is 0.336 e. The molecule has 0 saturated carbocycles. The molecular formula is C22H25FN4O4.